The van der Waals surface area contributed by atoms with Gasteiger partial charge in [0.1, 0.15) is 17.4 Å². The molecule has 4 heterocycles. The SMILES string of the molecule is C.[3H][3H].[3H][3H].[3H][3H].[3H][3H].[3H][3H].[3H][3H].[3H][3H].[3H][3H].[3H][3H].[3H][3H].[3H][3H].[3H][3H].[3H][3H].[3H][3H].[3H][3H].[3H][3H].[3H][3H].[3H][3H].[3H][3H].[3H][3H].[3H][3H].[3H][3H].[3H][3H].[3H][3H].[3H][3H].[3H][3H].[3H][3H].[3H][3H].[3H][3H].[3H][3H].[3H][3H].[3H][3H].[3H][3H].[3H][3H].[3H][3H].[3H][3H].[3H][3H].[3H][3H].[3H][3H].[3H][3H].[3H][3H].[3H][3H].[3H][3H].[3H][3H].[3H][3H].[3H][3H].[3H][3H].[3H][3H].[3H][3H].[3H][3H].[3H][3H].[3H][3H].[3H][3H].[3H][3H].[3H][3H].[3H][3H].[3H][3H].[3H][3H].[3H][3H].[3H][3H].[3H][3H].[3H][3H].[3H][3H].[3H][3H].[3H][3H].[3H][3H].[3H][3H].[3H][3H].[C-]#[N+]C1=C(O)[C@](C)(CCCO)[C@H]2CCc3c(-c4ccccc4F)nc(-c4ccnc(C5CC5)c4)nc3[C@]2(C)C1.[C-]#[N+]C1=C[C@@]2(C)c3nc(-c4ccnc(C5CC5)c4)nc(-c4ccccc4F)c3CC[C@@H]2[C@@](C)(CCCO)C1=O. The number of fused-ring (bicyclic) bond motifs is 6. The molecule has 2 aromatic carbocycles. The number of rotatable bonds is 12. The van der Waals surface area contributed by atoms with E-state index >= 15 is 8.78 Å². The molecule has 2 fully saturated rings. The summed E-state index contributed by atoms with van der Waals surface area (Å²) >= 11 is 0. The summed E-state index contributed by atoms with van der Waals surface area (Å²) < 4.78 is 710. The number of benzene rings is 2. The van der Waals surface area contributed by atoms with Gasteiger partial charge in [0.25, 0.3) is 0 Å². The van der Waals surface area contributed by atoms with Gasteiger partial charge in [0.15, 0.2) is 17.4 Å². The second kappa shape index (κ2) is 21.3. The second-order valence-electron chi connectivity index (χ2n) is 23.3. The van der Waals surface area contributed by atoms with Gasteiger partial charge in [0.05, 0.1) is 35.9 Å². The Bertz CT molecular complexity index is 3750. The Morgan fingerprint density at radius 1 is 0.671 bits per heavy atom. The maximum absolute atomic E-state index is 15.2. The second-order valence-corrected chi connectivity index (χ2v) is 23.3. The van der Waals surface area contributed by atoms with Crippen molar-refractivity contribution in [3.8, 4) is 45.3 Å². The molecule has 79 heavy (non-hydrogen) atoms. The standard InChI is InChI=1S/C32H33FN4O2.C32H31FN4O2.CH4.68H2/c2*1-31(14-6-16-38)26-12-11-22-27(21-7-4-5-8-23(21)33)36-30(20-13-15-35-24(17-20)19-9-10-19)37-28(22)32(26,2)18-25(34-3)29(31)39;;;;;;;;;;;;;;;;;;;;;;;;;;;;;;;;;;;;;;;;;;;;;;;;;;;;;;;;;;;;;;;;;;;;;/h4-5,7-8,13,15,17,19,26,38-39H,6,9-12,14,16,18H2,1-2H3;4-5,7-8,13,15,17-19,26,38H,6,9-12,14,16H2,1-2H3;1H4;68*1H/t2*26-,31-,32-;;;;;;;;;;;;;;;;;;;;;;;;;;;;;;;;;;;;;;;;;;;;;;;;;;;;;;;;;;;;;;;;;;;;;/m11...................................................................../s1/i;;;68*1+2T. The van der Waals surface area contributed by atoms with E-state index in [-0.39, 0.29) is 61.4 Å². The molecule has 0 aliphatic heterocycles. The monoisotopic (exact) mass is 1470 g/mol. The minimum atomic E-state index is -0.817. The van der Waals surface area contributed by atoms with Gasteiger partial charge in [0, 0.05) is 306 Å². The van der Waals surface area contributed by atoms with Crippen LogP contribution in [0.15, 0.2) is 108 Å². The first-order valence-corrected chi connectivity index (χ1v) is 27.5. The summed E-state index contributed by atoms with van der Waals surface area (Å²) in [5.74, 6) is 1.10. The molecule has 6 aliphatic carbocycles. The van der Waals surface area contributed by atoms with Gasteiger partial charge in [-0.1, -0.05) is 65.5 Å². The van der Waals surface area contributed by atoms with Crippen molar-refractivity contribution < 1.29 is 231 Å². The number of hydrogen-bond donors (Lipinski definition) is 3. The minimum absolute atomic E-state index is 0. The molecule has 12 nitrogen and oxygen atoms in total. The minimum Gasteiger partial charge on any atom is -0.523 e. The van der Waals surface area contributed by atoms with E-state index in [0.29, 0.717) is 103 Å². The Kier molecular flexibility index (Phi) is 4.37. The van der Waals surface area contributed by atoms with E-state index in [4.69, 9.17) is 235 Å². The Morgan fingerprint density at radius 3 is 1.66 bits per heavy atom. The first-order chi connectivity index (χ1) is 106. The van der Waals surface area contributed by atoms with E-state index in [1.165, 1.54) is 12.1 Å². The van der Waals surface area contributed by atoms with Gasteiger partial charge in [0.2, 0.25) is 11.4 Å². The summed E-state index contributed by atoms with van der Waals surface area (Å²) in [6.45, 7) is 23.8. The number of nitrogens with zero attached hydrogens (tertiary/aromatic N) is 8. The highest BCUT2D eigenvalue weighted by atomic mass is 19.1. The molecule has 4 aromatic heterocycles. The molecule has 6 aromatic rings. The van der Waals surface area contributed by atoms with Crippen molar-refractivity contribution in [2.45, 2.75) is 141 Å². The molecule has 0 radical (unpaired) electrons. The molecule has 14 heteroatoms. The van der Waals surface area contributed by atoms with Crippen LogP contribution in [-0.4, -0.2) is 64.2 Å². The van der Waals surface area contributed by atoms with E-state index in [9.17, 15) is 20.1 Å². The molecule has 0 unspecified atom stereocenters. The maximum atomic E-state index is 15.2. The van der Waals surface area contributed by atoms with E-state index in [1.807, 2.05) is 38.1 Å². The van der Waals surface area contributed by atoms with Crippen LogP contribution in [0.2, 0.25) is 0 Å². The Hall–Kier alpha value is -7.39. The van der Waals surface area contributed by atoms with Crippen molar-refractivity contribution in [3.63, 3.8) is 0 Å². The van der Waals surface area contributed by atoms with Gasteiger partial charge in [-0.15, -0.1) is 0 Å². The largest absolute Gasteiger partial charge is 0.523 e. The summed E-state index contributed by atoms with van der Waals surface area (Å²) in [7, 11) is 0. The summed E-state index contributed by atoms with van der Waals surface area (Å²) in [6, 6.07) is 21.3. The Morgan fingerprint density at radius 2 is 1.16 bits per heavy atom. The van der Waals surface area contributed by atoms with Crippen molar-refractivity contribution in [1.29, 1.82) is 0 Å². The predicted molar refractivity (Wildman–Crippen MR) is 443 cm³/mol. The summed E-state index contributed by atoms with van der Waals surface area (Å²) in [5, 5.41) is 30.5. The van der Waals surface area contributed by atoms with Gasteiger partial charge < -0.3 is 20.1 Å². The molecule has 6 atom stereocenters. The first-order valence-electron chi connectivity index (χ1n) is 95.5. The Labute approximate surface area is 671 Å². The fourth-order valence-electron chi connectivity index (χ4n) is 14.0. The molecule has 2 saturated carbocycles. The predicted octanol–water partition coefficient (Wildman–Crippen LogP) is 30.5. The van der Waals surface area contributed by atoms with Gasteiger partial charge >= 0.3 is 0 Å². The Balaban J connectivity index is -0.0000000224. The fourth-order valence-corrected chi connectivity index (χ4v) is 14.0. The van der Waals surface area contributed by atoms with E-state index < -0.39 is 21.7 Å². The molecular weight excluding hydrogens is 995 g/mol. The van der Waals surface area contributed by atoms with Gasteiger partial charge in [-0.2, -0.15) is 0 Å². The summed E-state index contributed by atoms with van der Waals surface area (Å²) in [5.41, 5.74) is 6.72. The lowest BCUT2D eigenvalue weighted by Crippen LogP contribution is -2.52. The smallest absolute Gasteiger partial charge is 0.226 e. The maximum Gasteiger partial charge on any atom is 0.226 e. The molecule has 0 amide bonds. The quantitative estimate of drug-likeness (QED) is 0.101. The van der Waals surface area contributed by atoms with E-state index in [2.05, 4.69) is 39.6 Å². The molecule has 0 saturated heterocycles. The zero-order valence-corrected chi connectivity index (χ0v) is 44.7. The molecule has 3 N–H and O–H groups in total. The highest BCUT2D eigenvalue weighted by molar-refractivity contribution is 6.03. The van der Waals surface area contributed by atoms with Crippen molar-refractivity contribution in [1.82, 2.24) is 29.9 Å². The average molecular weight is 1470 g/mol. The zero-order chi connectivity index (χ0) is 191. The number of aromatic nitrogens is 6. The lowest BCUT2D eigenvalue weighted by Gasteiger charge is -2.54. The number of hydrogen-bond acceptors (Lipinski definition) is 10. The number of carbonyl (C=O) groups is 1. The number of carbonyl (C=O) groups excluding carboxylic acids is 1. The number of ketones is 1. The molecule has 0 bridgehead atoms. The van der Waals surface area contributed by atoms with Crippen LogP contribution in [0.3, 0.4) is 0 Å². The van der Waals surface area contributed by atoms with Crippen molar-refractivity contribution in [3.05, 3.63) is 177 Å². The third kappa shape index (κ3) is 9.54. The number of allylic oxidation sites excluding steroid dienone is 4. The summed E-state index contributed by atoms with van der Waals surface area (Å²) in [4.78, 5) is 50.4. The molecule has 0 spiro atoms. The number of aliphatic hydroxyl groups excluding tert-OH is 3. The van der Waals surface area contributed by atoms with Crippen LogP contribution < -0.4 is 0 Å². The average Bonchev–Trinajstić information content (AvgIpc) is 1.51. The first kappa shape index (κ1) is 16.2. The molecular formula is C65H204F2N8O4. The van der Waals surface area contributed by atoms with Crippen molar-refractivity contribution >= 4 is 5.78 Å². The highest BCUT2D eigenvalue weighted by Crippen LogP contribution is 2.61. The van der Waals surface area contributed by atoms with Crippen molar-refractivity contribution in [2.24, 2.45) is 22.7 Å². The number of pyridine rings is 2. The lowest BCUT2D eigenvalue weighted by atomic mass is 9.51. The lowest BCUT2D eigenvalue weighted by molar-refractivity contribution is -0.130. The highest BCUT2D eigenvalue weighted by Gasteiger charge is 2.58. The normalized spacial score (nSPS) is 32.5. The summed E-state index contributed by atoms with van der Waals surface area (Å²) in [6.07, 6.45) is 14.9. The van der Waals surface area contributed by atoms with Crippen LogP contribution in [-0.2, 0) is 28.5 Å². The van der Waals surface area contributed by atoms with E-state index in [1.54, 1.807) is 48.8 Å². The fraction of sp³-hybridized carbons (Fsp3) is 0.431. The van der Waals surface area contributed by atoms with Gasteiger partial charge in [-0.25, -0.2) is 38.4 Å². The topological polar surface area (TPSA) is 164 Å². The zero-order valence-electron chi connectivity index (χ0n) is 181. The third-order valence-electron chi connectivity index (χ3n) is 18.3. The van der Waals surface area contributed by atoms with Crippen LogP contribution >= 0.6 is 0 Å². The molecule has 12 rings (SSSR count). The third-order valence-corrected chi connectivity index (χ3v) is 18.3. The van der Waals surface area contributed by atoms with Crippen LogP contribution in [0.25, 0.3) is 55.0 Å². The van der Waals surface area contributed by atoms with Crippen LogP contribution in [0.5, 0.6) is 0 Å². The molecule has 542 valence electrons. The van der Waals surface area contributed by atoms with Crippen LogP contribution in [0.1, 0.15) is 353 Å². The van der Waals surface area contributed by atoms with E-state index in [0.717, 1.165) is 77.1 Å². The van der Waals surface area contributed by atoms with Crippen LogP contribution in [0, 0.1) is 47.4 Å². The van der Waals surface area contributed by atoms with Crippen molar-refractivity contribution in [2.75, 3.05) is 13.2 Å². The number of Topliss-reactive ketones (excluding diaryl/α,β-unsaturated/α-hetero) is 1. The van der Waals surface area contributed by atoms with Gasteiger partial charge in [-0.05, 0) is 144 Å². The van der Waals surface area contributed by atoms with Gasteiger partial charge in [-0.3, -0.25) is 9.97 Å². The molecule has 6 aliphatic rings. The number of halogens is 2. The van der Waals surface area contributed by atoms with Crippen LogP contribution in [0.4, 0.5) is 8.78 Å². The number of aliphatic hydroxyl groups is 3.